The van der Waals surface area contributed by atoms with Crippen LogP contribution in [0.15, 0.2) is 253 Å². The van der Waals surface area contributed by atoms with Gasteiger partial charge in [0.1, 0.15) is 11.2 Å². The Morgan fingerprint density at radius 2 is 0.703 bits per heavy atom. The summed E-state index contributed by atoms with van der Waals surface area (Å²) in [5.41, 5.74) is 17.0. The van der Waals surface area contributed by atoms with E-state index >= 15 is 0 Å². The number of nitrogens with zero attached hydrogens (tertiary/aromatic N) is 1. The molecule has 0 aliphatic heterocycles. The second kappa shape index (κ2) is 15.8. The molecule has 12 rings (SSSR count). The number of rotatable bonds is 8. The molecule has 11 aromatic carbocycles. The third-order valence-corrected chi connectivity index (χ3v) is 12.7. The molecule has 64 heavy (non-hydrogen) atoms. The van der Waals surface area contributed by atoms with Crippen LogP contribution in [0.25, 0.3) is 99.1 Å². The van der Waals surface area contributed by atoms with E-state index in [4.69, 9.17) is 4.42 Å². The molecule has 0 aliphatic carbocycles. The van der Waals surface area contributed by atoms with E-state index in [-0.39, 0.29) is 0 Å². The lowest BCUT2D eigenvalue weighted by Gasteiger charge is -2.26. The first-order valence-corrected chi connectivity index (χ1v) is 21.9. The average Bonchev–Trinajstić information content (AvgIpc) is 3.77. The minimum Gasteiger partial charge on any atom is -0.455 e. The molecular formula is C62H41NO. The predicted octanol–water partition coefficient (Wildman–Crippen LogP) is 17.7. The van der Waals surface area contributed by atoms with Crippen LogP contribution in [-0.4, -0.2) is 0 Å². The van der Waals surface area contributed by atoms with Crippen molar-refractivity contribution in [2.24, 2.45) is 0 Å². The van der Waals surface area contributed by atoms with Crippen LogP contribution in [0.3, 0.4) is 0 Å². The SMILES string of the molecule is c1ccc(-c2cccc(-c3ccc(N(c4ccc(-c5ccc(-c6cccc7ccccc67)cc5)cc4)c4ccc(-c5cccc6oc7c8ccccc8ccc7c56)cc4)cc3)c2)cc1. The van der Waals surface area contributed by atoms with Crippen molar-refractivity contribution in [1.82, 2.24) is 0 Å². The normalized spacial score (nSPS) is 11.4. The number of benzene rings is 11. The topological polar surface area (TPSA) is 16.4 Å². The monoisotopic (exact) mass is 815 g/mol. The molecule has 0 aliphatic rings. The lowest BCUT2D eigenvalue weighted by Crippen LogP contribution is -2.09. The van der Waals surface area contributed by atoms with E-state index in [0.717, 1.165) is 55.5 Å². The standard InChI is InChI=1S/C62H41NO/c1-2-11-42(12-3-1)50-16-8-17-51(41-50)45-29-36-53(37-30-45)63(52-34-27-44(28-35-52)43-23-25-48(26-24-43)56-20-9-15-46-13-4-6-18-55(46)56)54-38-31-49(32-39-54)57-21-10-22-60-61(57)59-40-33-47-14-5-7-19-58(47)62(59)64-60/h1-41H. The Kier molecular flexibility index (Phi) is 9.20. The first-order valence-electron chi connectivity index (χ1n) is 21.9. The third-order valence-electron chi connectivity index (χ3n) is 12.7. The summed E-state index contributed by atoms with van der Waals surface area (Å²) in [6.07, 6.45) is 0. The fourth-order valence-electron chi connectivity index (χ4n) is 9.47. The molecular weight excluding hydrogens is 775 g/mol. The molecule has 0 atom stereocenters. The van der Waals surface area contributed by atoms with Gasteiger partial charge in [-0.15, -0.1) is 0 Å². The van der Waals surface area contributed by atoms with Crippen LogP contribution in [0.5, 0.6) is 0 Å². The van der Waals surface area contributed by atoms with E-state index in [9.17, 15) is 0 Å². The Morgan fingerprint density at radius 3 is 1.38 bits per heavy atom. The molecule has 0 radical (unpaired) electrons. The highest BCUT2D eigenvalue weighted by molar-refractivity contribution is 6.19. The van der Waals surface area contributed by atoms with Crippen molar-refractivity contribution in [3.05, 3.63) is 249 Å². The van der Waals surface area contributed by atoms with Gasteiger partial charge in [-0.25, -0.2) is 0 Å². The first-order chi connectivity index (χ1) is 31.7. The van der Waals surface area contributed by atoms with Crippen molar-refractivity contribution in [3.8, 4) is 55.6 Å². The van der Waals surface area contributed by atoms with Gasteiger partial charge < -0.3 is 9.32 Å². The van der Waals surface area contributed by atoms with E-state index in [1.807, 2.05) is 0 Å². The number of fused-ring (bicyclic) bond motifs is 6. The largest absolute Gasteiger partial charge is 0.455 e. The van der Waals surface area contributed by atoms with Crippen LogP contribution in [-0.2, 0) is 0 Å². The maximum absolute atomic E-state index is 6.55. The zero-order valence-corrected chi connectivity index (χ0v) is 35.0. The van der Waals surface area contributed by atoms with Crippen LogP contribution in [0, 0.1) is 0 Å². The number of furan rings is 1. The zero-order chi connectivity index (χ0) is 42.4. The maximum Gasteiger partial charge on any atom is 0.143 e. The minimum atomic E-state index is 0.896. The fourth-order valence-corrected chi connectivity index (χ4v) is 9.47. The second-order valence-corrected chi connectivity index (χ2v) is 16.5. The summed E-state index contributed by atoms with van der Waals surface area (Å²) in [6, 6.07) is 89.5. The van der Waals surface area contributed by atoms with Crippen molar-refractivity contribution in [2.45, 2.75) is 0 Å². The van der Waals surface area contributed by atoms with Crippen molar-refractivity contribution in [1.29, 1.82) is 0 Å². The molecule has 0 unspecified atom stereocenters. The Balaban J connectivity index is 0.906. The molecule has 0 fully saturated rings. The molecule has 0 N–H and O–H groups in total. The van der Waals surface area contributed by atoms with Crippen LogP contribution in [0.1, 0.15) is 0 Å². The van der Waals surface area contributed by atoms with E-state index in [1.165, 1.54) is 60.7 Å². The van der Waals surface area contributed by atoms with Crippen LogP contribution >= 0.6 is 0 Å². The van der Waals surface area contributed by atoms with Crippen molar-refractivity contribution >= 4 is 60.5 Å². The molecule has 0 amide bonds. The molecule has 2 nitrogen and oxygen atoms in total. The summed E-state index contributed by atoms with van der Waals surface area (Å²) in [5.74, 6) is 0. The summed E-state index contributed by atoms with van der Waals surface area (Å²) in [4.78, 5) is 2.35. The lowest BCUT2D eigenvalue weighted by atomic mass is 9.96. The summed E-state index contributed by atoms with van der Waals surface area (Å²) < 4.78 is 6.55. The van der Waals surface area contributed by atoms with Gasteiger partial charge in [-0.3, -0.25) is 0 Å². The molecule has 0 spiro atoms. The van der Waals surface area contributed by atoms with Gasteiger partial charge >= 0.3 is 0 Å². The van der Waals surface area contributed by atoms with Gasteiger partial charge in [-0.05, 0) is 126 Å². The Morgan fingerprint density at radius 1 is 0.266 bits per heavy atom. The zero-order valence-electron chi connectivity index (χ0n) is 35.0. The molecule has 0 saturated carbocycles. The smallest absolute Gasteiger partial charge is 0.143 e. The van der Waals surface area contributed by atoms with Crippen LogP contribution in [0.4, 0.5) is 17.1 Å². The summed E-state index contributed by atoms with van der Waals surface area (Å²) in [5, 5.41) is 7.10. The number of anilines is 3. The number of hydrogen-bond acceptors (Lipinski definition) is 2. The van der Waals surface area contributed by atoms with Crippen molar-refractivity contribution in [3.63, 3.8) is 0 Å². The quantitative estimate of drug-likeness (QED) is 0.152. The minimum absolute atomic E-state index is 0.896. The third kappa shape index (κ3) is 6.70. The molecule has 0 bridgehead atoms. The molecule has 0 saturated heterocycles. The van der Waals surface area contributed by atoms with E-state index in [1.54, 1.807) is 0 Å². The van der Waals surface area contributed by atoms with Gasteiger partial charge in [0.15, 0.2) is 0 Å². The summed E-state index contributed by atoms with van der Waals surface area (Å²) >= 11 is 0. The highest BCUT2D eigenvalue weighted by Crippen LogP contribution is 2.42. The van der Waals surface area contributed by atoms with Gasteiger partial charge in [0.25, 0.3) is 0 Å². The molecule has 2 heteroatoms. The van der Waals surface area contributed by atoms with Gasteiger partial charge in [-0.2, -0.15) is 0 Å². The fraction of sp³-hybridized carbons (Fsp3) is 0. The lowest BCUT2D eigenvalue weighted by molar-refractivity contribution is 0.673. The Hall–Kier alpha value is -8.46. The Labute approximate surface area is 372 Å². The van der Waals surface area contributed by atoms with Gasteiger partial charge in [0.05, 0.1) is 0 Å². The molecule has 12 aromatic rings. The maximum atomic E-state index is 6.55. The average molecular weight is 816 g/mol. The molecule has 1 aromatic heterocycles. The van der Waals surface area contributed by atoms with E-state index in [2.05, 4.69) is 254 Å². The van der Waals surface area contributed by atoms with Gasteiger partial charge in [0.2, 0.25) is 0 Å². The van der Waals surface area contributed by atoms with E-state index in [0.29, 0.717) is 0 Å². The Bertz CT molecular complexity index is 3620. The summed E-state index contributed by atoms with van der Waals surface area (Å²) in [6.45, 7) is 0. The molecule has 300 valence electrons. The highest BCUT2D eigenvalue weighted by atomic mass is 16.3. The van der Waals surface area contributed by atoms with E-state index < -0.39 is 0 Å². The summed E-state index contributed by atoms with van der Waals surface area (Å²) in [7, 11) is 0. The van der Waals surface area contributed by atoms with Crippen LogP contribution < -0.4 is 4.90 Å². The number of hydrogen-bond donors (Lipinski definition) is 0. The molecule has 1 heterocycles. The van der Waals surface area contributed by atoms with Gasteiger partial charge in [0, 0.05) is 33.2 Å². The van der Waals surface area contributed by atoms with Gasteiger partial charge in [-0.1, -0.05) is 194 Å². The van der Waals surface area contributed by atoms with Crippen LogP contribution in [0.2, 0.25) is 0 Å². The van der Waals surface area contributed by atoms with Crippen molar-refractivity contribution < 1.29 is 4.42 Å². The first kappa shape index (κ1) is 37.3. The van der Waals surface area contributed by atoms with Crippen molar-refractivity contribution in [2.75, 3.05) is 4.90 Å². The predicted molar refractivity (Wildman–Crippen MR) is 271 cm³/mol. The highest BCUT2D eigenvalue weighted by Gasteiger charge is 2.17. The second-order valence-electron chi connectivity index (χ2n) is 16.5.